The van der Waals surface area contributed by atoms with Crippen molar-refractivity contribution in [2.45, 2.75) is 32.9 Å². The molecule has 0 aliphatic heterocycles. The van der Waals surface area contributed by atoms with E-state index >= 15 is 0 Å². The standard InChI is InChI=1S/C12H14ClFO/c1-8(15)4-9-5-10(12(2,3)14)7-11(13)6-9/h5-7H,4H2,1-3H3. The van der Waals surface area contributed by atoms with Crippen LogP contribution >= 0.6 is 11.6 Å². The van der Waals surface area contributed by atoms with Gasteiger partial charge >= 0.3 is 0 Å². The van der Waals surface area contributed by atoms with Crippen molar-refractivity contribution in [2.75, 3.05) is 0 Å². The van der Waals surface area contributed by atoms with Crippen molar-refractivity contribution in [2.24, 2.45) is 0 Å². The maximum absolute atomic E-state index is 13.7. The molecule has 0 saturated carbocycles. The minimum Gasteiger partial charge on any atom is -0.300 e. The minimum absolute atomic E-state index is 0.0416. The summed E-state index contributed by atoms with van der Waals surface area (Å²) in [5.41, 5.74) is -0.168. The molecule has 1 rings (SSSR count). The summed E-state index contributed by atoms with van der Waals surface area (Å²) < 4.78 is 13.7. The molecular weight excluding hydrogens is 215 g/mol. The summed E-state index contributed by atoms with van der Waals surface area (Å²) in [4.78, 5) is 10.9. The fourth-order valence-electron chi connectivity index (χ4n) is 1.38. The third-order valence-corrected chi connectivity index (χ3v) is 2.32. The fraction of sp³-hybridized carbons (Fsp3) is 0.417. The second-order valence-electron chi connectivity index (χ2n) is 4.20. The fourth-order valence-corrected chi connectivity index (χ4v) is 1.64. The number of carbonyl (C=O) groups excluding carboxylic acids is 1. The van der Waals surface area contributed by atoms with Gasteiger partial charge in [-0.2, -0.15) is 0 Å². The highest BCUT2D eigenvalue weighted by Gasteiger charge is 2.19. The molecule has 0 aliphatic rings. The molecule has 0 N–H and O–H groups in total. The average molecular weight is 229 g/mol. The van der Waals surface area contributed by atoms with Crippen molar-refractivity contribution < 1.29 is 9.18 Å². The van der Waals surface area contributed by atoms with Crippen LogP contribution < -0.4 is 0 Å². The van der Waals surface area contributed by atoms with Crippen molar-refractivity contribution in [3.8, 4) is 0 Å². The molecule has 0 fully saturated rings. The van der Waals surface area contributed by atoms with E-state index in [2.05, 4.69) is 0 Å². The van der Waals surface area contributed by atoms with E-state index in [-0.39, 0.29) is 5.78 Å². The number of alkyl halides is 1. The summed E-state index contributed by atoms with van der Waals surface area (Å²) in [7, 11) is 0. The van der Waals surface area contributed by atoms with Gasteiger partial charge in [-0.15, -0.1) is 0 Å². The SMILES string of the molecule is CC(=O)Cc1cc(Cl)cc(C(C)(C)F)c1. The lowest BCUT2D eigenvalue weighted by molar-refractivity contribution is -0.116. The van der Waals surface area contributed by atoms with E-state index in [1.165, 1.54) is 20.8 Å². The van der Waals surface area contributed by atoms with Crippen molar-refractivity contribution in [3.63, 3.8) is 0 Å². The first-order valence-corrected chi connectivity index (χ1v) is 5.15. The van der Waals surface area contributed by atoms with Crippen LogP contribution in [0.15, 0.2) is 18.2 Å². The topological polar surface area (TPSA) is 17.1 Å². The maximum atomic E-state index is 13.7. The Bertz CT molecular complexity index is 380. The summed E-state index contributed by atoms with van der Waals surface area (Å²) in [6.07, 6.45) is 0.295. The van der Waals surface area contributed by atoms with E-state index in [4.69, 9.17) is 11.6 Å². The Labute approximate surface area is 94.3 Å². The molecule has 3 heteroatoms. The van der Waals surface area contributed by atoms with Crippen LogP contribution in [0.3, 0.4) is 0 Å². The zero-order valence-electron chi connectivity index (χ0n) is 9.10. The summed E-state index contributed by atoms with van der Waals surface area (Å²) in [6.45, 7) is 4.44. The zero-order chi connectivity index (χ0) is 11.6. The smallest absolute Gasteiger partial charge is 0.134 e. The maximum Gasteiger partial charge on any atom is 0.134 e. The Hall–Kier alpha value is -0.890. The Morgan fingerprint density at radius 3 is 2.47 bits per heavy atom. The van der Waals surface area contributed by atoms with Crippen LogP contribution in [0.2, 0.25) is 5.02 Å². The Morgan fingerprint density at radius 2 is 2.00 bits per heavy atom. The third-order valence-electron chi connectivity index (χ3n) is 2.10. The lowest BCUT2D eigenvalue weighted by Gasteiger charge is -2.16. The van der Waals surface area contributed by atoms with E-state index < -0.39 is 5.67 Å². The first-order valence-electron chi connectivity index (χ1n) is 4.77. The van der Waals surface area contributed by atoms with Crippen molar-refractivity contribution in [1.82, 2.24) is 0 Å². The van der Waals surface area contributed by atoms with Gasteiger partial charge < -0.3 is 0 Å². The normalized spacial score (nSPS) is 11.5. The molecule has 0 unspecified atom stereocenters. The van der Waals surface area contributed by atoms with E-state index in [0.29, 0.717) is 17.0 Å². The molecule has 0 atom stereocenters. The van der Waals surface area contributed by atoms with Gasteiger partial charge in [0.15, 0.2) is 0 Å². The number of Topliss-reactive ketones (excluding diaryl/α,β-unsaturated/α-hetero) is 1. The molecule has 1 aromatic rings. The van der Waals surface area contributed by atoms with Gasteiger partial charge in [-0.05, 0) is 44.0 Å². The van der Waals surface area contributed by atoms with Crippen LogP contribution in [-0.4, -0.2) is 5.78 Å². The summed E-state index contributed by atoms with van der Waals surface area (Å²) >= 11 is 5.86. The van der Waals surface area contributed by atoms with Crippen LogP contribution in [0.5, 0.6) is 0 Å². The lowest BCUT2D eigenvalue weighted by atomic mass is 9.96. The first-order chi connectivity index (χ1) is 6.79. The van der Waals surface area contributed by atoms with Gasteiger partial charge in [-0.3, -0.25) is 4.79 Å². The highest BCUT2D eigenvalue weighted by molar-refractivity contribution is 6.30. The summed E-state index contributed by atoms with van der Waals surface area (Å²) in [6, 6.07) is 4.97. The quantitative estimate of drug-likeness (QED) is 0.772. The third kappa shape index (κ3) is 3.63. The van der Waals surface area contributed by atoms with Gasteiger partial charge in [-0.25, -0.2) is 4.39 Å². The molecular formula is C12H14ClFO. The number of ketones is 1. The molecule has 82 valence electrons. The predicted molar refractivity (Wildman–Crippen MR) is 60.0 cm³/mol. The van der Waals surface area contributed by atoms with E-state index in [1.54, 1.807) is 18.2 Å². The molecule has 0 radical (unpaired) electrons. The van der Waals surface area contributed by atoms with Gasteiger partial charge in [0.2, 0.25) is 0 Å². The number of benzene rings is 1. The number of hydrogen-bond donors (Lipinski definition) is 0. The van der Waals surface area contributed by atoms with E-state index in [9.17, 15) is 9.18 Å². The van der Waals surface area contributed by atoms with Crippen LogP contribution in [0.4, 0.5) is 4.39 Å². The number of rotatable bonds is 3. The molecule has 1 aromatic carbocycles. The Balaban J connectivity index is 3.11. The van der Waals surface area contributed by atoms with Crippen molar-refractivity contribution >= 4 is 17.4 Å². The monoisotopic (exact) mass is 228 g/mol. The minimum atomic E-state index is -1.43. The van der Waals surface area contributed by atoms with E-state index in [1.807, 2.05) is 0 Å². The summed E-state index contributed by atoms with van der Waals surface area (Å²) in [5, 5.41) is 0.467. The van der Waals surface area contributed by atoms with Gasteiger partial charge in [0.25, 0.3) is 0 Å². The van der Waals surface area contributed by atoms with Gasteiger partial charge in [0.05, 0.1) is 0 Å². The number of hydrogen-bond acceptors (Lipinski definition) is 1. The van der Waals surface area contributed by atoms with Crippen LogP contribution in [-0.2, 0) is 16.9 Å². The van der Waals surface area contributed by atoms with Crippen LogP contribution in [0.25, 0.3) is 0 Å². The molecule has 0 spiro atoms. The van der Waals surface area contributed by atoms with Gasteiger partial charge in [0, 0.05) is 11.4 Å². The molecule has 0 bridgehead atoms. The largest absolute Gasteiger partial charge is 0.300 e. The molecule has 15 heavy (non-hydrogen) atoms. The molecule has 0 heterocycles. The lowest BCUT2D eigenvalue weighted by Crippen LogP contribution is -2.10. The van der Waals surface area contributed by atoms with Crippen LogP contribution in [0, 0.1) is 0 Å². The van der Waals surface area contributed by atoms with Gasteiger partial charge in [-0.1, -0.05) is 17.7 Å². The van der Waals surface area contributed by atoms with E-state index in [0.717, 1.165) is 5.56 Å². The summed E-state index contributed by atoms with van der Waals surface area (Å²) in [5.74, 6) is 0.0416. The molecule has 0 saturated heterocycles. The second kappa shape index (κ2) is 4.31. The second-order valence-corrected chi connectivity index (χ2v) is 4.64. The highest BCUT2D eigenvalue weighted by Crippen LogP contribution is 2.28. The van der Waals surface area contributed by atoms with Crippen molar-refractivity contribution in [3.05, 3.63) is 34.3 Å². The predicted octanol–water partition coefficient (Wildman–Crippen LogP) is 3.68. The van der Waals surface area contributed by atoms with Crippen molar-refractivity contribution in [1.29, 1.82) is 0 Å². The molecule has 0 aliphatic carbocycles. The van der Waals surface area contributed by atoms with Gasteiger partial charge in [0.1, 0.15) is 11.5 Å². The number of carbonyl (C=O) groups is 1. The Morgan fingerprint density at radius 1 is 1.40 bits per heavy atom. The molecule has 0 aromatic heterocycles. The highest BCUT2D eigenvalue weighted by atomic mass is 35.5. The first kappa shape index (κ1) is 12.2. The number of halogens is 2. The average Bonchev–Trinajstić information content (AvgIpc) is 1.99. The van der Waals surface area contributed by atoms with Crippen LogP contribution in [0.1, 0.15) is 31.9 Å². The molecule has 1 nitrogen and oxygen atoms in total. The zero-order valence-corrected chi connectivity index (χ0v) is 9.86. The molecule has 0 amide bonds. The Kier molecular flexibility index (Phi) is 3.50.